The third kappa shape index (κ3) is 4.33. The number of piperidine rings is 2. The van der Waals surface area contributed by atoms with E-state index in [0.29, 0.717) is 18.0 Å². The third-order valence-corrected chi connectivity index (χ3v) is 4.41. The van der Waals surface area contributed by atoms with Crippen molar-refractivity contribution in [3.8, 4) is 0 Å². The summed E-state index contributed by atoms with van der Waals surface area (Å²) in [7, 11) is 4.23. The highest BCUT2D eigenvalue weighted by atomic mass is 35.5. The van der Waals surface area contributed by atoms with Gasteiger partial charge < -0.3 is 15.1 Å². The van der Waals surface area contributed by atoms with Crippen LogP contribution >= 0.6 is 12.4 Å². The van der Waals surface area contributed by atoms with E-state index in [0.717, 1.165) is 38.9 Å². The van der Waals surface area contributed by atoms with Crippen molar-refractivity contribution < 1.29 is 4.79 Å². The van der Waals surface area contributed by atoms with Crippen LogP contribution in [0.1, 0.15) is 32.6 Å². The van der Waals surface area contributed by atoms with Crippen LogP contribution in [0, 0.1) is 5.92 Å². The van der Waals surface area contributed by atoms with Crippen LogP contribution in [0.5, 0.6) is 0 Å². The van der Waals surface area contributed by atoms with Crippen molar-refractivity contribution in [1.82, 2.24) is 15.1 Å². The summed E-state index contributed by atoms with van der Waals surface area (Å²) >= 11 is 0. The number of likely N-dealkylation sites (N-methyl/N-ethyl adjacent to an activating group) is 1. The first-order valence-corrected chi connectivity index (χ1v) is 7.26. The minimum absolute atomic E-state index is 0. The molecule has 0 aromatic heterocycles. The summed E-state index contributed by atoms with van der Waals surface area (Å²) in [6.07, 6.45) is 4.38. The van der Waals surface area contributed by atoms with Gasteiger partial charge in [0.25, 0.3) is 0 Å². The van der Waals surface area contributed by atoms with E-state index in [1.165, 1.54) is 6.42 Å². The Morgan fingerprint density at radius 2 is 2.05 bits per heavy atom. The highest BCUT2D eigenvalue weighted by molar-refractivity contribution is 5.85. The lowest BCUT2D eigenvalue weighted by atomic mass is 9.91. The standard InChI is InChI=1S/C14H27N3O.ClH/c1-11-9-12(6-7-15-11)14(18)17-8-4-5-13(10-17)16(2)3;/h11-13,15H,4-10H2,1-3H3;1H/t11-,12-,13?;/m0./s1. The van der Waals surface area contributed by atoms with Gasteiger partial charge in [-0.15, -0.1) is 12.4 Å². The Bertz CT molecular complexity index is 298. The van der Waals surface area contributed by atoms with Gasteiger partial charge in [-0.2, -0.15) is 0 Å². The maximum absolute atomic E-state index is 12.5. The molecule has 1 N–H and O–H groups in total. The highest BCUT2D eigenvalue weighted by Gasteiger charge is 2.31. The van der Waals surface area contributed by atoms with Crippen molar-refractivity contribution in [2.24, 2.45) is 5.92 Å². The lowest BCUT2D eigenvalue weighted by molar-refractivity contribution is -0.138. The van der Waals surface area contributed by atoms with Crippen LogP contribution in [0.2, 0.25) is 0 Å². The second-order valence-electron chi connectivity index (χ2n) is 6.12. The van der Waals surface area contributed by atoms with Crippen LogP contribution in [0.25, 0.3) is 0 Å². The van der Waals surface area contributed by atoms with Gasteiger partial charge in [0.2, 0.25) is 5.91 Å². The van der Waals surface area contributed by atoms with Gasteiger partial charge in [0.05, 0.1) is 0 Å². The molecule has 0 saturated carbocycles. The van der Waals surface area contributed by atoms with Crippen LogP contribution in [0.4, 0.5) is 0 Å². The minimum Gasteiger partial charge on any atom is -0.341 e. The molecule has 2 rings (SSSR count). The van der Waals surface area contributed by atoms with Gasteiger partial charge in [-0.25, -0.2) is 0 Å². The molecule has 0 spiro atoms. The van der Waals surface area contributed by atoms with Crippen molar-refractivity contribution in [1.29, 1.82) is 0 Å². The second-order valence-corrected chi connectivity index (χ2v) is 6.12. The number of halogens is 1. The Labute approximate surface area is 123 Å². The van der Waals surface area contributed by atoms with E-state index in [9.17, 15) is 4.79 Å². The van der Waals surface area contributed by atoms with Gasteiger partial charge in [0, 0.05) is 31.1 Å². The number of amides is 1. The predicted octanol–water partition coefficient (Wildman–Crippen LogP) is 1.35. The molecule has 1 unspecified atom stereocenters. The molecule has 0 bridgehead atoms. The number of carbonyl (C=O) groups excluding carboxylic acids is 1. The monoisotopic (exact) mass is 289 g/mol. The van der Waals surface area contributed by atoms with E-state index in [2.05, 4.69) is 36.1 Å². The summed E-state index contributed by atoms with van der Waals surface area (Å²) in [4.78, 5) is 16.9. The summed E-state index contributed by atoms with van der Waals surface area (Å²) in [5.74, 6) is 0.650. The largest absolute Gasteiger partial charge is 0.341 e. The first-order chi connectivity index (χ1) is 8.58. The lowest BCUT2D eigenvalue weighted by Crippen LogP contribution is -2.51. The van der Waals surface area contributed by atoms with Crippen molar-refractivity contribution in [3.05, 3.63) is 0 Å². The topological polar surface area (TPSA) is 35.6 Å². The molecule has 1 amide bonds. The smallest absolute Gasteiger partial charge is 0.225 e. The van der Waals surface area contributed by atoms with E-state index >= 15 is 0 Å². The number of likely N-dealkylation sites (tertiary alicyclic amines) is 1. The highest BCUT2D eigenvalue weighted by Crippen LogP contribution is 2.22. The van der Waals surface area contributed by atoms with Gasteiger partial charge in [-0.05, 0) is 53.2 Å². The SMILES string of the molecule is C[C@H]1C[C@@H](C(=O)N2CCCC(N(C)C)C2)CCN1.Cl. The number of hydrogen-bond donors (Lipinski definition) is 1. The van der Waals surface area contributed by atoms with E-state index in [-0.39, 0.29) is 18.3 Å². The zero-order valence-corrected chi connectivity index (χ0v) is 13.2. The molecule has 4 nitrogen and oxygen atoms in total. The maximum atomic E-state index is 12.5. The van der Waals surface area contributed by atoms with Crippen LogP contribution in [-0.4, -0.2) is 61.5 Å². The van der Waals surface area contributed by atoms with Gasteiger partial charge in [-0.1, -0.05) is 0 Å². The molecule has 2 heterocycles. The maximum Gasteiger partial charge on any atom is 0.225 e. The van der Waals surface area contributed by atoms with Gasteiger partial charge in [-0.3, -0.25) is 4.79 Å². The molecule has 0 aromatic carbocycles. The van der Waals surface area contributed by atoms with Crippen molar-refractivity contribution >= 4 is 18.3 Å². The molecule has 112 valence electrons. The molecule has 0 aliphatic carbocycles. The molecule has 5 heteroatoms. The Kier molecular flexibility index (Phi) is 6.57. The lowest BCUT2D eigenvalue weighted by Gasteiger charge is -2.39. The molecule has 2 aliphatic heterocycles. The van der Waals surface area contributed by atoms with Crippen molar-refractivity contribution in [3.63, 3.8) is 0 Å². The molecule has 0 radical (unpaired) electrons. The zero-order valence-electron chi connectivity index (χ0n) is 12.4. The minimum atomic E-state index is 0. The average Bonchev–Trinajstić information content (AvgIpc) is 2.38. The van der Waals surface area contributed by atoms with Crippen LogP contribution in [0.3, 0.4) is 0 Å². The first kappa shape index (κ1) is 16.7. The quantitative estimate of drug-likeness (QED) is 0.834. The van der Waals surface area contributed by atoms with Crippen molar-refractivity contribution in [2.75, 3.05) is 33.7 Å². The van der Waals surface area contributed by atoms with Gasteiger partial charge in [0.1, 0.15) is 0 Å². The number of hydrogen-bond acceptors (Lipinski definition) is 3. The van der Waals surface area contributed by atoms with E-state index in [1.54, 1.807) is 0 Å². The van der Waals surface area contributed by atoms with Crippen LogP contribution in [0.15, 0.2) is 0 Å². The number of nitrogens with zero attached hydrogens (tertiary/aromatic N) is 2. The summed E-state index contributed by atoms with van der Waals surface area (Å²) in [6.45, 7) is 5.05. The second kappa shape index (κ2) is 7.46. The predicted molar refractivity (Wildman–Crippen MR) is 80.7 cm³/mol. The zero-order chi connectivity index (χ0) is 13.1. The Morgan fingerprint density at radius 3 is 2.68 bits per heavy atom. The molecule has 0 aromatic rings. The first-order valence-electron chi connectivity index (χ1n) is 7.26. The molecule has 2 fully saturated rings. The fourth-order valence-corrected chi connectivity index (χ4v) is 3.19. The van der Waals surface area contributed by atoms with E-state index < -0.39 is 0 Å². The van der Waals surface area contributed by atoms with E-state index in [4.69, 9.17) is 0 Å². The molecule has 2 aliphatic rings. The molecule has 2 saturated heterocycles. The fraction of sp³-hybridized carbons (Fsp3) is 0.929. The molecular weight excluding hydrogens is 262 g/mol. The summed E-state index contributed by atoms with van der Waals surface area (Å²) < 4.78 is 0. The molecular formula is C14H28ClN3O. The Hall–Kier alpha value is -0.320. The van der Waals surface area contributed by atoms with Crippen molar-refractivity contribution in [2.45, 2.75) is 44.7 Å². The van der Waals surface area contributed by atoms with Gasteiger partial charge >= 0.3 is 0 Å². The molecule has 19 heavy (non-hydrogen) atoms. The summed E-state index contributed by atoms with van der Waals surface area (Å²) in [5, 5.41) is 3.42. The van der Waals surface area contributed by atoms with E-state index in [1.807, 2.05) is 0 Å². The Morgan fingerprint density at radius 1 is 1.32 bits per heavy atom. The summed E-state index contributed by atoms with van der Waals surface area (Å²) in [6, 6.07) is 1.03. The number of nitrogens with one attached hydrogen (secondary N) is 1. The normalized spacial score (nSPS) is 32.0. The average molecular weight is 290 g/mol. The van der Waals surface area contributed by atoms with Crippen LogP contribution in [-0.2, 0) is 4.79 Å². The third-order valence-electron chi connectivity index (χ3n) is 4.41. The number of carbonyl (C=O) groups is 1. The summed E-state index contributed by atoms with van der Waals surface area (Å²) in [5.41, 5.74) is 0. The Balaban J connectivity index is 0.00000180. The van der Waals surface area contributed by atoms with Crippen LogP contribution < -0.4 is 5.32 Å². The number of rotatable bonds is 2. The molecule has 3 atom stereocenters. The fourth-order valence-electron chi connectivity index (χ4n) is 3.19. The van der Waals surface area contributed by atoms with Gasteiger partial charge in [0.15, 0.2) is 0 Å².